The minimum atomic E-state index is -1.11. The first-order valence-corrected chi connectivity index (χ1v) is 11.1. The van der Waals surface area contributed by atoms with Crippen LogP contribution in [0.3, 0.4) is 0 Å². The fraction of sp³-hybridized carbons (Fsp3) is 0.280. The van der Waals surface area contributed by atoms with Crippen molar-refractivity contribution in [3.8, 4) is 0 Å². The zero-order valence-electron chi connectivity index (χ0n) is 18.8. The van der Waals surface area contributed by atoms with Gasteiger partial charge >= 0.3 is 5.97 Å². The van der Waals surface area contributed by atoms with Gasteiger partial charge in [0.05, 0.1) is 19.4 Å². The molecule has 0 aliphatic heterocycles. The third-order valence-electron chi connectivity index (χ3n) is 5.85. The minimum Gasteiger partial charge on any atom is -0.480 e. The molecule has 34 heavy (non-hydrogen) atoms. The molecule has 0 aliphatic carbocycles. The number of carboxylic acids is 1. The topological polar surface area (TPSA) is 102 Å². The number of aromatic nitrogens is 4. The van der Waals surface area contributed by atoms with Crippen molar-refractivity contribution in [1.29, 1.82) is 0 Å². The van der Waals surface area contributed by atoms with Crippen LogP contribution in [0.25, 0.3) is 10.9 Å². The number of benzene rings is 2. The number of hydrogen-bond donors (Lipinski definition) is 2. The number of carbonyl (C=O) groups excluding carboxylic acids is 1. The van der Waals surface area contributed by atoms with Gasteiger partial charge in [-0.2, -0.15) is 0 Å². The van der Waals surface area contributed by atoms with Crippen LogP contribution in [-0.2, 0) is 17.9 Å². The number of nitrogens with one attached hydrogen (secondary N) is 1. The molecule has 0 saturated heterocycles. The molecule has 4 rings (SSSR count). The van der Waals surface area contributed by atoms with Crippen LogP contribution in [0.15, 0.2) is 66.9 Å². The van der Waals surface area contributed by atoms with E-state index in [1.807, 2.05) is 54.6 Å². The van der Waals surface area contributed by atoms with Crippen molar-refractivity contribution in [3.05, 3.63) is 83.8 Å². The zero-order chi connectivity index (χ0) is 24.1. The molecule has 0 radical (unpaired) electrons. The number of halogens is 1. The SMILES string of the molecule is CC(c1ccccc1)C(NC(=O)c1cc2ccccc2n1Cc1cn(CCCF)nn1)C(=O)O. The van der Waals surface area contributed by atoms with Crippen molar-refractivity contribution >= 4 is 22.8 Å². The lowest BCUT2D eigenvalue weighted by molar-refractivity contribution is -0.139. The zero-order valence-corrected chi connectivity index (χ0v) is 18.8. The predicted octanol–water partition coefficient (Wildman–Crippen LogP) is 3.63. The van der Waals surface area contributed by atoms with Crippen LogP contribution in [0.5, 0.6) is 0 Å². The summed E-state index contributed by atoms with van der Waals surface area (Å²) in [5, 5.41) is 21.6. The number of carbonyl (C=O) groups is 2. The van der Waals surface area contributed by atoms with E-state index in [0.29, 0.717) is 24.4 Å². The summed E-state index contributed by atoms with van der Waals surface area (Å²) in [5.74, 6) is -2.03. The number of fused-ring (bicyclic) bond motifs is 1. The Morgan fingerprint density at radius 2 is 1.85 bits per heavy atom. The number of alkyl halides is 1. The van der Waals surface area contributed by atoms with Gasteiger partial charge in [-0.15, -0.1) is 5.10 Å². The molecule has 4 aromatic rings. The number of aliphatic carboxylic acids is 1. The summed E-state index contributed by atoms with van der Waals surface area (Å²) in [4.78, 5) is 25.4. The molecule has 2 N–H and O–H groups in total. The molecule has 2 unspecified atom stereocenters. The molecule has 2 aromatic heterocycles. The molecule has 0 saturated carbocycles. The molecular formula is C25H26FN5O3. The number of carboxylic acid groups (broad SMARTS) is 1. The molecule has 9 heteroatoms. The van der Waals surface area contributed by atoms with Crippen molar-refractivity contribution in [2.75, 3.05) is 6.67 Å². The van der Waals surface area contributed by atoms with E-state index in [0.717, 1.165) is 16.5 Å². The van der Waals surface area contributed by atoms with Crippen molar-refractivity contribution in [2.45, 2.75) is 38.4 Å². The van der Waals surface area contributed by atoms with Gasteiger partial charge in [0.2, 0.25) is 0 Å². The summed E-state index contributed by atoms with van der Waals surface area (Å²) >= 11 is 0. The largest absolute Gasteiger partial charge is 0.480 e. The molecular weight excluding hydrogens is 437 g/mol. The Kier molecular flexibility index (Phi) is 7.01. The molecule has 0 spiro atoms. The van der Waals surface area contributed by atoms with Gasteiger partial charge in [0.15, 0.2) is 0 Å². The first kappa shape index (κ1) is 23.2. The summed E-state index contributed by atoms with van der Waals surface area (Å²) in [7, 11) is 0. The molecule has 1 amide bonds. The van der Waals surface area contributed by atoms with Crippen molar-refractivity contribution in [3.63, 3.8) is 0 Å². The van der Waals surface area contributed by atoms with E-state index in [2.05, 4.69) is 15.6 Å². The van der Waals surface area contributed by atoms with E-state index in [1.165, 1.54) is 0 Å². The smallest absolute Gasteiger partial charge is 0.326 e. The van der Waals surface area contributed by atoms with Crippen LogP contribution in [0, 0.1) is 0 Å². The molecule has 176 valence electrons. The van der Waals surface area contributed by atoms with E-state index in [4.69, 9.17) is 0 Å². The molecule has 2 heterocycles. The highest BCUT2D eigenvalue weighted by Gasteiger charge is 2.29. The maximum absolute atomic E-state index is 13.3. The van der Waals surface area contributed by atoms with Gasteiger partial charge in [-0.05, 0) is 24.1 Å². The number of nitrogens with zero attached hydrogens (tertiary/aromatic N) is 4. The van der Waals surface area contributed by atoms with Crippen molar-refractivity contribution in [2.24, 2.45) is 0 Å². The van der Waals surface area contributed by atoms with Gasteiger partial charge in [0, 0.05) is 23.4 Å². The second-order valence-corrected chi connectivity index (χ2v) is 8.18. The summed E-state index contributed by atoms with van der Waals surface area (Å²) in [6, 6.07) is 17.4. The van der Waals surface area contributed by atoms with Crippen LogP contribution < -0.4 is 5.32 Å². The summed E-state index contributed by atoms with van der Waals surface area (Å²) < 4.78 is 15.8. The number of aryl methyl sites for hydroxylation is 1. The van der Waals surface area contributed by atoms with Gasteiger partial charge in [0.1, 0.15) is 17.4 Å². The Bertz CT molecular complexity index is 1280. The number of amides is 1. The Balaban J connectivity index is 1.63. The first-order chi connectivity index (χ1) is 16.5. The molecule has 2 aromatic carbocycles. The quantitative estimate of drug-likeness (QED) is 0.374. The maximum Gasteiger partial charge on any atom is 0.326 e. The lowest BCUT2D eigenvalue weighted by Gasteiger charge is -2.22. The molecule has 8 nitrogen and oxygen atoms in total. The minimum absolute atomic E-state index is 0.262. The monoisotopic (exact) mass is 463 g/mol. The second kappa shape index (κ2) is 10.3. The van der Waals surface area contributed by atoms with Crippen molar-refractivity contribution < 1.29 is 19.1 Å². The Labute approximate surface area is 196 Å². The number of rotatable bonds is 10. The van der Waals surface area contributed by atoms with Gasteiger partial charge in [-0.3, -0.25) is 13.9 Å². The average molecular weight is 464 g/mol. The summed E-state index contributed by atoms with van der Waals surface area (Å²) in [6.07, 6.45) is 2.07. The van der Waals surface area contributed by atoms with Gasteiger partial charge in [-0.1, -0.05) is 60.7 Å². The maximum atomic E-state index is 13.3. The van der Waals surface area contributed by atoms with Crippen LogP contribution >= 0.6 is 0 Å². The van der Waals surface area contributed by atoms with Gasteiger partial charge < -0.3 is 15.0 Å². The summed E-state index contributed by atoms with van der Waals surface area (Å²) in [6.45, 7) is 2.02. The Morgan fingerprint density at radius 1 is 1.12 bits per heavy atom. The third-order valence-corrected chi connectivity index (χ3v) is 5.85. The van der Waals surface area contributed by atoms with E-state index in [-0.39, 0.29) is 6.54 Å². The Hall–Kier alpha value is -4.01. The second-order valence-electron chi connectivity index (χ2n) is 8.18. The molecule has 0 aliphatic rings. The van der Waals surface area contributed by atoms with Gasteiger partial charge in [0.25, 0.3) is 5.91 Å². The fourth-order valence-electron chi connectivity index (χ4n) is 4.04. The highest BCUT2D eigenvalue weighted by atomic mass is 19.1. The normalized spacial score (nSPS) is 13.0. The highest BCUT2D eigenvalue weighted by Crippen LogP contribution is 2.23. The van der Waals surface area contributed by atoms with Crippen molar-refractivity contribution in [1.82, 2.24) is 24.9 Å². The fourth-order valence-corrected chi connectivity index (χ4v) is 4.04. The predicted molar refractivity (Wildman–Crippen MR) is 125 cm³/mol. The Morgan fingerprint density at radius 3 is 2.59 bits per heavy atom. The molecule has 0 fully saturated rings. The van der Waals surface area contributed by atoms with Crippen LogP contribution in [-0.4, -0.2) is 49.3 Å². The van der Waals surface area contributed by atoms with Crippen LogP contribution in [0.1, 0.15) is 41.0 Å². The van der Waals surface area contributed by atoms with Gasteiger partial charge in [-0.25, -0.2) is 4.79 Å². The summed E-state index contributed by atoms with van der Waals surface area (Å²) in [5.41, 5.74) is 2.57. The number of hydrogen-bond acceptors (Lipinski definition) is 4. The first-order valence-electron chi connectivity index (χ1n) is 11.1. The van der Waals surface area contributed by atoms with E-state index in [1.54, 1.807) is 28.4 Å². The number of para-hydroxylation sites is 1. The van der Waals surface area contributed by atoms with E-state index < -0.39 is 30.5 Å². The standard InChI is InChI=1S/C25H26FN5O3/c1-17(18-8-3-2-4-9-18)23(25(33)34)27-24(32)22-14-19-10-5-6-11-21(19)31(22)16-20-15-30(29-28-20)13-7-12-26/h2-6,8-11,14-15,17,23H,7,12-13,16H2,1H3,(H,27,32)(H,33,34). The molecule has 2 atom stereocenters. The highest BCUT2D eigenvalue weighted by molar-refractivity contribution is 6.00. The van der Waals surface area contributed by atoms with E-state index >= 15 is 0 Å². The lowest BCUT2D eigenvalue weighted by atomic mass is 9.93. The lowest BCUT2D eigenvalue weighted by Crippen LogP contribution is -2.44. The molecule has 0 bridgehead atoms. The van der Waals surface area contributed by atoms with Crippen LogP contribution in [0.4, 0.5) is 4.39 Å². The average Bonchev–Trinajstić information content (AvgIpc) is 3.46. The van der Waals surface area contributed by atoms with E-state index in [9.17, 15) is 19.1 Å². The third kappa shape index (κ3) is 4.98. The van der Waals surface area contributed by atoms with Crippen LogP contribution in [0.2, 0.25) is 0 Å².